The number of anilines is 1. The molecule has 1 fully saturated rings. The van der Waals surface area contributed by atoms with Crippen molar-refractivity contribution < 1.29 is 0 Å². The van der Waals surface area contributed by atoms with Gasteiger partial charge in [0, 0.05) is 18.8 Å². The van der Waals surface area contributed by atoms with Gasteiger partial charge in [0.1, 0.15) is 11.6 Å². The Morgan fingerprint density at radius 1 is 1.00 bits per heavy atom. The van der Waals surface area contributed by atoms with E-state index in [-0.39, 0.29) is 0 Å². The van der Waals surface area contributed by atoms with Crippen LogP contribution in [0.4, 0.5) is 5.82 Å². The number of fused-ring (bicyclic) bond motifs is 1. The molecule has 0 spiro atoms. The van der Waals surface area contributed by atoms with Gasteiger partial charge in [-0.1, -0.05) is 24.6 Å². The van der Waals surface area contributed by atoms with Crippen molar-refractivity contribution in [3.63, 3.8) is 0 Å². The summed E-state index contributed by atoms with van der Waals surface area (Å²) in [4.78, 5) is 12.4. The van der Waals surface area contributed by atoms with E-state index in [1.54, 1.807) is 0 Å². The Kier molecular flexibility index (Phi) is 5.14. The smallest absolute Gasteiger partial charge is 0.150 e. The quantitative estimate of drug-likeness (QED) is 0.526. The molecule has 1 aromatic carbocycles. The van der Waals surface area contributed by atoms with Crippen LogP contribution < -0.4 is 4.90 Å². The molecule has 0 unspecified atom stereocenters. The summed E-state index contributed by atoms with van der Waals surface area (Å²) in [5, 5.41) is 1.22. The van der Waals surface area contributed by atoms with Crippen molar-refractivity contribution in [2.45, 2.75) is 67.7 Å². The van der Waals surface area contributed by atoms with Crippen LogP contribution in [0.1, 0.15) is 60.0 Å². The fraction of sp³-hybridized carbons (Fsp3) is 0.520. The predicted octanol–water partition coefficient (Wildman–Crippen LogP) is 5.90. The normalized spacial score (nSPS) is 14.0. The highest BCUT2D eigenvalue weighted by molar-refractivity contribution is 5.94. The Morgan fingerprint density at radius 2 is 1.66 bits per heavy atom. The molecule has 0 bridgehead atoms. The van der Waals surface area contributed by atoms with Gasteiger partial charge in [0.05, 0.1) is 11.1 Å². The fourth-order valence-corrected chi connectivity index (χ4v) is 4.74. The molecule has 0 amide bonds. The van der Waals surface area contributed by atoms with E-state index < -0.39 is 0 Å². The topological polar surface area (TPSA) is 34.0 Å². The molecule has 2 heterocycles. The zero-order chi connectivity index (χ0) is 20.9. The van der Waals surface area contributed by atoms with Gasteiger partial charge < -0.3 is 4.90 Å². The molecular formula is C25H34N4. The molecule has 29 heavy (non-hydrogen) atoms. The molecule has 1 saturated carbocycles. The summed E-state index contributed by atoms with van der Waals surface area (Å²) in [6.07, 6.45) is 3.84. The van der Waals surface area contributed by atoms with Gasteiger partial charge in [-0.05, 0) is 83.4 Å². The van der Waals surface area contributed by atoms with E-state index in [0.717, 1.165) is 42.7 Å². The molecule has 0 radical (unpaired) electrons. The summed E-state index contributed by atoms with van der Waals surface area (Å²) >= 11 is 0. The van der Waals surface area contributed by atoms with Crippen molar-refractivity contribution >= 4 is 16.9 Å². The van der Waals surface area contributed by atoms with Crippen LogP contribution in [0, 0.1) is 47.5 Å². The highest BCUT2D eigenvalue weighted by atomic mass is 15.2. The number of hydrogen-bond acceptors (Lipinski definition) is 3. The second-order valence-electron chi connectivity index (χ2n) is 8.98. The molecule has 4 heteroatoms. The minimum Gasteiger partial charge on any atom is -0.356 e. The summed E-state index contributed by atoms with van der Waals surface area (Å²) in [5.41, 5.74) is 8.77. The van der Waals surface area contributed by atoms with E-state index >= 15 is 0 Å². The van der Waals surface area contributed by atoms with Crippen molar-refractivity contribution in [2.24, 2.45) is 5.92 Å². The number of aromatic nitrogens is 3. The second-order valence-corrected chi connectivity index (χ2v) is 8.98. The van der Waals surface area contributed by atoms with E-state index in [1.165, 1.54) is 51.9 Å². The lowest BCUT2D eigenvalue weighted by Crippen LogP contribution is -2.28. The lowest BCUT2D eigenvalue weighted by molar-refractivity contribution is 0.699. The van der Waals surface area contributed by atoms with Crippen LogP contribution in [0.2, 0.25) is 0 Å². The molecule has 0 N–H and O–H groups in total. The Bertz CT molecular complexity index is 1050. The highest BCUT2D eigenvalue weighted by Crippen LogP contribution is 2.37. The third-order valence-electron chi connectivity index (χ3n) is 6.28. The number of hydrogen-bond donors (Lipinski definition) is 0. The van der Waals surface area contributed by atoms with Crippen LogP contribution >= 0.6 is 0 Å². The number of benzene rings is 1. The van der Waals surface area contributed by atoms with Crippen molar-refractivity contribution in [2.75, 3.05) is 18.0 Å². The lowest BCUT2D eigenvalue weighted by atomic mass is 10.0. The van der Waals surface area contributed by atoms with E-state index in [0.29, 0.717) is 0 Å². The standard InChI is InChI=1S/C25H34N4/c1-8-11-28(14-21-9-10-21)24-22-18(5)19(6)29(25(22)27-20(7)26-24)23-16(3)12-15(2)13-17(23)4/h12-13,21H,8-11,14H2,1-7H3. The Hall–Kier alpha value is -2.36. The second kappa shape index (κ2) is 7.47. The monoisotopic (exact) mass is 390 g/mol. The van der Waals surface area contributed by atoms with Gasteiger partial charge in [0.2, 0.25) is 0 Å². The first-order chi connectivity index (χ1) is 13.8. The Labute approximate surface area is 175 Å². The first kappa shape index (κ1) is 19.9. The number of rotatable bonds is 6. The third-order valence-corrected chi connectivity index (χ3v) is 6.28. The van der Waals surface area contributed by atoms with Crippen molar-refractivity contribution in [1.29, 1.82) is 0 Å². The first-order valence-electron chi connectivity index (χ1n) is 11.0. The fourth-order valence-electron chi connectivity index (χ4n) is 4.74. The van der Waals surface area contributed by atoms with Crippen LogP contribution in [0.3, 0.4) is 0 Å². The minimum atomic E-state index is 0.831. The first-order valence-corrected chi connectivity index (χ1v) is 11.0. The lowest BCUT2D eigenvalue weighted by Gasteiger charge is -2.24. The molecule has 4 rings (SSSR count). The molecule has 1 aliphatic carbocycles. The molecule has 2 aromatic heterocycles. The SMILES string of the molecule is CCCN(CC1CC1)c1nc(C)nc2c1c(C)c(C)n2-c1c(C)cc(C)cc1C. The molecule has 3 aromatic rings. The average Bonchev–Trinajstić information content (AvgIpc) is 3.42. The maximum Gasteiger partial charge on any atom is 0.150 e. The van der Waals surface area contributed by atoms with E-state index in [2.05, 4.69) is 63.1 Å². The maximum absolute atomic E-state index is 4.97. The highest BCUT2D eigenvalue weighted by Gasteiger charge is 2.28. The summed E-state index contributed by atoms with van der Waals surface area (Å²) in [5.74, 6) is 2.81. The van der Waals surface area contributed by atoms with Gasteiger partial charge in [-0.15, -0.1) is 0 Å². The van der Waals surface area contributed by atoms with Crippen molar-refractivity contribution in [1.82, 2.24) is 14.5 Å². The Balaban J connectivity index is 1.99. The molecule has 154 valence electrons. The van der Waals surface area contributed by atoms with Crippen LogP contribution in [-0.2, 0) is 0 Å². The largest absolute Gasteiger partial charge is 0.356 e. The van der Waals surface area contributed by atoms with Crippen molar-refractivity contribution in [3.05, 3.63) is 45.9 Å². The number of nitrogens with zero attached hydrogens (tertiary/aromatic N) is 4. The minimum absolute atomic E-state index is 0.831. The summed E-state index contributed by atoms with van der Waals surface area (Å²) in [6, 6.07) is 4.54. The van der Waals surface area contributed by atoms with Crippen molar-refractivity contribution in [3.8, 4) is 5.69 Å². The predicted molar refractivity (Wildman–Crippen MR) is 123 cm³/mol. The van der Waals surface area contributed by atoms with E-state index in [1.807, 2.05) is 6.92 Å². The molecule has 1 aliphatic rings. The molecular weight excluding hydrogens is 356 g/mol. The molecule has 0 aliphatic heterocycles. The van der Waals surface area contributed by atoms with Crippen LogP contribution in [0.15, 0.2) is 12.1 Å². The zero-order valence-electron chi connectivity index (χ0n) is 19.1. The van der Waals surface area contributed by atoms with Crippen LogP contribution in [-0.4, -0.2) is 27.6 Å². The maximum atomic E-state index is 4.97. The molecule has 0 saturated heterocycles. The third kappa shape index (κ3) is 3.54. The number of aryl methyl sites for hydroxylation is 5. The van der Waals surface area contributed by atoms with Gasteiger partial charge in [-0.3, -0.25) is 4.57 Å². The van der Waals surface area contributed by atoms with E-state index in [9.17, 15) is 0 Å². The average molecular weight is 391 g/mol. The van der Waals surface area contributed by atoms with Crippen LogP contribution in [0.5, 0.6) is 0 Å². The van der Waals surface area contributed by atoms with Gasteiger partial charge >= 0.3 is 0 Å². The van der Waals surface area contributed by atoms with Gasteiger partial charge in [-0.25, -0.2) is 9.97 Å². The van der Waals surface area contributed by atoms with Gasteiger partial charge in [-0.2, -0.15) is 0 Å². The summed E-state index contributed by atoms with van der Waals surface area (Å²) in [7, 11) is 0. The zero-order valence-corrected chi connectivity index (χ0v) is 19.1. The molecule has 4 nitrogen and oxygen atoms in total. The Morgan fingerprint density at radius 3 is 2.24 bits per heavy atom. The van der Waals surface area contributed by atoms with Crippen LogP contribution in [0.25, 0.3) is 16.7 Å². The van der Waals surface area contributed by atoms with Gasteiger partial charge in [0.15, 0.2) is 5.65 Å². The summed E-state index contributed by atoms with van der Waals surface area (Å²) < 4.78 is 2.37. The summed E-state index contributed by atoms with van der Waals surface area (Å²) in [6.45, 7) is 17.5. The van der Waals surface area contributed by atoms with Gasteiger partial charge in [0.25, 0.3) is 0 Å². The van der Waals surface area contributed by atoms with E-state index in [4.69, 9.17) is 9.97 Å². The molecule has 0 atom stereocenters.